The molecule has 0 radical (unpaired) electrons. The minimum Gasteiger partial charge on any atom is -0.497 e. The average molecular weight is 347 g/mol. The number of fused-ring (bicyclic) bond motifs is 1. The second-order valence-electron chi connectivity index (χ2n) is 6.13. The third-order valence-electron chi connectivity index (χ3n) is 4.45. The van der Waals surface area contributed by atoms with Gasteiger partial charge in [-0.3, -0.25) is 0 Å². The van der Waals surface area contributed by atoms with Crippen LogP contribution < -0.4 is 9.64 Å². The summed E-state index contributed by atoms with van der Waals surface area (Å²) in [6.07, 6.45) is 3.98. The van der Waals surface area contributed by atoms with Crippen molar-refractivity contribution in [1.82, 2.24) is 9.97 Å². The van der Waals surface area contributed by atoms with Crippen molar-refractivity contribution >= 4 is 28.9 Å². The summed E-state index contributed by atoms with van der Waals surface area (Å²) < 4.78 is 10.7. The first-order chi connectivity index (χ1) is 12.8. The number of benzene rings is 2. The lowest BCUT2D eigenvalue weighted by atomic mass is 10.2. The Hall–Kier alpha value is -2.92. The molecule has 0 aliphatic carbocycles. The number of ether oxygens (including phenoxy) is 2. The summed E-state index contributed by atoms with van der Waals surface area (Å²) in [7, 11) is 1.67. The van der Waals surface area contributed by atoms with Gasteiger partial charge in [-0.25, -0.2) is 9.97 Å². The predicted molar refractivity (Wildman–Crippen MR) is 104 cm³/mol. The standard InChI is InChI=1S/C21H21N3O2/c1-25-17-9-6-16(7-10-17)8-11-20-22-19-5-3-2-4-18(19)21(23-20)24-12-14-26-15-13-24/h2-11H,12-15H2,1H3/b11-8+. The number of hydrogen-bond donors (Lipinski definition) is 0. The molecule has 0 amide bonds. The number of hydrogen-bond acceptors (Lipinski definition) is 5. The summed E-state index contributed by atoms with van der Waals surface area (Å²) >= 11 is 0. The predicted octanol–water partition coefficient (Wildman–Crippen LogP) is 3.65. The molecule has 5 nitrogen and oxygen atoms in total. The molecule has 1 fully saturated rings. The monoisotopic (exact) mass is 347 g/mol. The van der Waals surface area contributed by atoms with Crippen molar-refractivity contribution in [3.8, 4) is 5.75 Å². The van der Waals surface area contributed by atoms with Crippen molar-refractivity contribution in [3.63, 3.8) is 0 Å². The highest BCUT2D eigenvalue weighted by molar-refractivity contribution is 5.90. The first-order valence-corrected chi connectivity index (χ1v) is 8.75. The minimum absolute atomic E-state index is 0.709. The number of para-hydroxylation sites is 1. The number of rotatable bonds is 4. The van der Waals surface area contributed by atoms with Crippen LogP contribution in [0.5, 0.6) is 5.75 Å². The zero-order chi connectivity index (χ0) is 17.8. The molecular formula is C21H21N3O2. The van der Waals surface area contributed by atoms with Gasteiger partial charge in [0.15, 0.2) is 5.82 Å². The van der Waals surface area contributed by atoms with Crippen LogP contribution in [0.3, 0.4) is 0 Å². The molecule has 1 aliphatic heterocycles. The molecular weight excluding hydrogens is 326 g/mol. The summed E-state index contributed by atoms with van der Waals surface area (Å²) in [4.78, 5) is 11.8. The average Bonchev–Trinajstić information content (AvgIpc) is 2.72. The maximum absolute atomic E-state index is 5.48. The molecule has 0 bridgehead atoms. The van der Waals surface area contributed by atoms with Crippen LogP contribution in [0.25, 0.3) is 23.1 Å². The van der Waals surface area contributed by atoms with E-state index in [0.717, 1.165) is 54.3 Å². The Morgan fingerprint density at radius 3 is 2.50 bits per heavy atom. The molecule has 1 aliphatic rings. The third-order valence-corrected chi connectivity index (χ3v) is 4.45. The number of methoxy groups -OCH3 is 1. The van der Waals surface area contributed by atoms with Crippen LogP contribution >= 0.6 is 0 Å². The number of nitrogens with zero attached hydrogens (tertiary/aromatic N) is 3. The Labute approximate surface area is 152 Å². The van der Waals surface area contributed by atoms with Crippen molar-refractivity contribution in [1.29, 1.82) is 0 Å². The van der Waals surface area contributed by atoms with Crippen molar-refractivity contribution in [2.75, 3.05) is 38.3 Å². The summed E-state index contributed by atoms with van der Waals surface area (Å²) in [5, 5.41) is 1.08. The second kappa shape index (κ2) is 7.54. The first-order valence-electron chi connectivity index (χ1n) is 8.75. The Morgan fingerprint density at radius 1 is 0.962 bits per heavy atom. The number of morpholine rings is 1. The van der Waals surface area contributed by atoms with E-state index in [2.05, 4.69) is 11.0 Å². The Balaban J connectivity index is 1.69. The molecule has 26 heavy (non-hydrogen) atoms. The van der Waals surface area contributed by atoms with Gasteiger partial charge in [0.1, 0.15) is 11.6 Å². The van der Waals surface area contributed by atoms with Crippen molar-refractivity contribution < 1.29 is 9.47 Å². The Kier molecular flexibility index (Phi) is 4.80. The van der Waals surface area contributed by atoms with Gasteiger partial charge in [-0.15, -0.1) is 0 Å². The summed E-state index contributed by atoms with van der Waals surface area (Å²) in [6.45, 7) is 3.16. The molecule has 0 saturated carbocycles. The summed E-state index contributed by atoms with van der Waals surface area (Å²) in [6, 6.07) is 16.1. The molecule has 1 saturated heterocycles. The fourth-order valence-corrected chi connectivity index (χ4v) is 3.05. The van der Waals surface area contributed by atoms with Crippen LogP contribution in [0, 0.1) is 0 Å². The third kappa shape index (κ3) is 3.53. The summed E-state index contributed by atoms with van der Waals surface area (Å²) in [5.74, 6) is 2.54. The molecule has 0 atom stereocenters. The van der Waals surface area contributed by atoms with Gasteiger partial charge in [0, 0.05) is 18.5 Å². The van der Waals surface area contributed by atoms with Gasteiger partial charge in [-0.2, -0.15) is 0 Å². The number of aromatic nitrogens is 2. The van der Waals surface area contributed by atoms with Gasteiger partial charge in [-0.1, -0.05) is 30.3 Å². The van der Waals surface area contributed by atoms with E-state index in [9.17, 15) is 0 Å². The minimum atomic E-state index is 0.709. The highest BCUT2D eigenvalue weighted by Gasteiger charge is 2.16. The molecule has 5 heteroatoms. The summed E-state index contributed by atoms with van der Waals surface area (Å²) in [5.41, 5.74) is 2.04. The largest absolute Gasteiger partial charge is 0.497 e. The lowest BCUT2D eigenvalue weighted by Gasteiger charge is -2.28. The molecule has 3 aromatic rings. The molecule has 2 aromatic carbocycles. The van der Waals surface area contributed by atoms with E-state index in [-0.39, 0.29) is 0 Å². The highest BCUT2D eigenvalue weighted by Crippen LogP contribution is 2.25. The second-order valence-corrected chi connectivity index (χ2v) is 6.13. The fraction of sp³-hybridized carbons (Fsp3) is 0.238. The van der Waals surface area contributed by atoms with E-state index in [1.807, 2.05) is 54.6 Å². The first kappa shape index (κ1) is 16.5. The molecule has 132 valence electrons. The van der Waals surface area contributed by atoms with Gasteiger partial charge >= 0.3 is 0 Å². The van der Waals surface area contributed by atoms with Crippen LogP contribution in [0.1, 0.15) is 11.4 Å². The van der Waals surface area contributed by atoms with Gasteiger partial charge in [0.25, 0.3) is 0 Å². The maximum Gasteiger partial charge on any atom is 0.154 e. The number of anilines is 1. The van der Waals surface area contributed by atoms with E-state index >= 15 is 0 Å². The van der Waals surface area contributed by atoms with Crippen molar-refractivity contribution in [3.05, 3.63) is 59.9 Å². The fourth-order valence-electron chi connectivity index (χ4n) is 3.05. The van der Waals surface area contributed by atoms with E-state index < -0.39 is 0 Å². The normalized spacial score (nSPS) is 14.9. The Bertz CT molecular complexity index is 916. The van der Waals surface area contributed by atoms with E-state index in [0.29, 0.717) is 5.82 Å². The van der Waals surface area contributed by atoms with Gasteiger partial charge in [0.2, 0.25) is 0 Å². The van der Waals surface area contributed by atoms with Crippen LogP contribution in [-0.2, 0) is 4.74 Å². The molecule has 0 spiro atoms. The smallest absolute Gasteiger partial charge is 0.154 e. The lowest BCUT2D eigenvalue weighted by Crippen LogP contribution is -2.37. The van der Waals surface area contributed by atoms with Crippen LogP contribution in [0.15, 0.2) is 48.5 Å². The van der Waals surface area contributed by atoms with Crippen molar-refractivity contribution in [2.45, 2.75) is 0 Å². The quantitative estimate of drug-likeness (QED) is 0.721. The zero-order valence-electron chi connectivity index (χ0n) is 14.8. The molecule has 4 rings (SSSR count). The topological polar surface area (TPSA) is 47.5 Å². The van der Waals surface area contributed by atoms with Crippen LogP contribution in [-0.4, -0.2) is 43.4 Å². The zero-order valence-corrected chi connectivity index (χ0v) is 14.8. The molecule has 0 unspecified atom stereocenters. The van der Waals surface area contributed by atoms with Crippen LogP contribution in [0.2, 0.25) is 0 Å². The Morgan fingerprint density at radius 2 is 1.73 bits per heavy atom. The van der Waals surface area contributed by atoms with Gasteiger partial charge in [0.05, 0.1) is 25.8 Å². The van der Waals surface area contributed by atoms with E-state index in [1.54, 1.807) is 7.11 Å². The van der Waals surface area contributed by atoms with E-state index in [1.165, 1.54) is 0 Å². The molecule has 2 heterocycles. The van der Waals surface area contributed by atoms with Gasteiger partial charge < -0.3 is 14.4 Å². The highest BCUT2D eigenvalue weighted by atomic mass is 16.5. The molecule has 1 aromatic heterocycles. The maximum atomic E-state index is 5.48. The van der Waals surface area contributed by atoms with E-state index in [4.69, 9.17) is 19.4 Å². The van der Waals surface area contributed by atoms with Crippen LogP contribution in [0.4, 0.5) is 5.82 Å². The lowest BCUT2D eigenvalue weighted by molar-refractivity contribution is 0.122. The van der Waals surface area contributed by atoms with Crippen molar-refractivity contribution in [2.24, 2.45) is 0 Å². The molecule has 0 N–H and O–H groups in total. The SMILES string of the molecule is COc1ccc(/C=C/c2nc(N3CCOCC3)c3ccccc3n2)cc1. The van der Waals surface area contributed by atoms with Gasteiger partial charge in [-0.05, 0) is 35.9 Å².